The molecule has 21 heavy (non-hydrogen) atoms. The van der Waals surface area contributed by atoms with E-state index in [1.807, 2.05) is 6.92 Å². The summed E-state index contributed by atoms with van der Waals surface area (Å²) in [6.07, 6.45) is 7.25. The Hall–Kier alpha value is -0.650. The topological polar surface area (TPSA) is 73.6 Å². The molecule has 0 saturated heterocycles. The standard InChI is InChI=1S/C16H32N2O3/c1-3-4-10-20-12-13-21-11-6-5-9-16(2,15(17)19)18-14-7-8-14/h14,18H,3-13H2,1-2H3,(H2,17,19). The maximum absolute atomic E-state index is 11.6. The summed E-state index contributed by atoms with van der Waals surface area (Å²) >= 11 is 0. The number of hydrogen-bond acceptors (Lipinski definition) is 4. The van der Waals surface area contributed by atoms with Crippen LogP contribution in [0.15, 0.2) is 0 Å². The zero-order valence-electron chi connectivity index (χ0n) is 13.7. The van der Waals surface area contributed by atoms with Crippen LogP contribution in [0.25, 0.3) is 0 Å². The Morgan fingerprint density at radius 3 is 2.29 bits per heavy atom. The van der Waals surface area contributed by atoms with Gasteiger partial charge in [0.1, 0.15) is 0 Å². The fourth-order valence-electron chi connectivity index (χ4n) is 2.20. The smallest absolute Gasteiger partial charge is 0.237 e. The number of hydrogen-bond donors (Lipinski definition) is 2. The Kier molecular flexibility index (Phi) is 8.88. The summed E-state index contributed by atoms with van der Waals surface area (Å²) < 4.78 is 10.9. The highest BCUT2D eigenvalue weighted by atomic mass is 16.5. The van der Waals surface area contributed by atoms with Crippen LogP contribution < -0.4 is 11.1 Å². The summed E-state index contributed by atoms with van der Waals surface area (Å²) in [5.74, 6) is -0.250. The average Bonchev–Trinajstić information content (AvgIpc) is 3.24. The van der Waals surface area contributed by atoms with Gasteiger partial charge in [-0.05, 0) is 45.4 Å². The molecule has 0 aromatic rings. The van der Waals surface area contributed by atoms with Crippen molar-refractivity contribution >= 4 is 5.91 Å². The van der Waals surface area contributed by atoms with Gasteiger partial charge in [-0.1, -0.05) is 13.3 Å². The lowest BCUT2D eigenvalue weighted by Crippen LogP contribution is -2.53. The molecule has 0 aromatic heterocycles. The molecule has 1 rings (SSSR count). The van der Waals surface area contributed by atoms with E-state index in [0.717, 1.165) is 58.2 Å². The van der Waals surface area contributed by atoms with Gasteiger partial charge in [0, 0.05) is 19.3 Å². The van der Waals surface area contributed by atoms with Crippen molar-refractivity contribution < 1.29 is 14.3 Å². The Morgan fingerprint density at radius 2 is 1.76 bits per heavy atom. The number of rotatable bonds is 14. The summed E-state index contributed by atoms with van der Waals surface area (Å²) in [4.78, 5) is 11.6. The highest BCUT2D eigenvalue weighted by molar-refractivity contribution is 5.84. The van der Waals surface area contributed by atoms with Crippen molar-refractivity contribution in [2.24, 2.45) is 5.73 Å². The molecule has 1 saturated carbocycles. The van der Waals surface area contributed by atoms with E-state index in [0.29, 0.717) is 19.3 Å². The summed E-state index contributed by atoms with van der Waals surface area (Å²) in [6, 6.07) is 0.485. The molecule has 1 aliphatic carbocycles. The highest BCUT2D eigenvalue weighted by Gasteiger charge is 2.36. The molecule has 3 N–H and O–H groups in total. The third-order valence-corrected chi connectivity index (χ3v) is 3.87. The number of nitrogens with two attached hydrogens (primary N) is 1. The molecule has 1 fully saturated rings. The van der Waals surface area contributed by atoms with Crippen LogP contribution in [0.3, 0.4) is 0 Å². The van der Waals surface area contributed by atoms with Gasteiger partial charge in [-0.25, -0.2) is 0 Å². The Bertz CT molecular complexity index is 295. The largest absolute Gasteiger partial charge is 0.379 e. The van der Waals surface area contributed by atoms with Crippen LogP contribution in [0.5, 0.6) is 0 Å². The predicted molar refractivity (Wildman–Crippen MR) is 84.2 cm³/mol. The number of nitrogens with one attached hydrogen (secondary N) is 1. The van der Waals surface area contributed by atoms with E-state index >= 15 is 0 Å². The predicted octanol–water partition coefficient (Wildman–Crippen LogP) is 1.99. The molecule has 0 spiro atoms. The molecule has 0 radical (unpaired) electrons. The molecule has 0 bridgehead atoms. The second kappa shape index (κ2) is 10.1. The minimum Gasteiger partial charge on any atom is -0.379 e. The Labute approximate surface area is 128 Å². The summed E-state index contributed by atoms with van der Waals surface area (Å²) in [5.41, 5.74) is 4.95. The number of amides is 1. The molecule has 1 atom stereocenters. The van der Waals surface area contributed by atoms with Crippen molar-refractivity contribution in [3.63, 3.8) is 0 Å². The molecule has 5 heteroatoms. The molecule has 0 aliphatic heterocycles. The second-order valence-electron chi connectivity index (χ2n) is 6.15. The molecule has 1 unspecified atom stereocenters. The Balaban J connectivity index is 1.97. The van der Waals surface area contributed by atoms with Crippen LogP contribution >= 0.6 is 0 Å². The van der Waals surface area contributed by atoms with Crippen molar-refractivity contribution in [3.05, 3.63) is 0 Å². The van der Waals surface area contributed by atoms with E-state index in [2.05, 4.69) is 12.2 Å². The van der Waals surface area contributed by atoms with Crippen LogP contribution in [-0.2, 0) is 14.3 Å². The zero-order valence-corrected chi connectivity index (χ0v) is 13.7. The van der Waals surface area contributed by atoms with Crippen molar-refractivity contribution in [3.8, 4) is 0 Å². The molecule has 0 aromatic carbocycles. The average molecular weight is 300 g/mol. The van der Waals surface area contributed by atoms with Gasteiger partial charge in [0.2, 0.25) is 5.91 Å². The monoisotopic (exact) mass is 300 g/mol. The van der Waals surface area contributed by atoms with E-state index in [-0.39, 0.29) is 5.91 Å². The third-order valence-electron chi connectivity index (χ3n) is 3.87. The maximum atomic E-state index is 11.6. The summed E-state index contributed by atoms with van der Waals surface area (Å²) in [6.45, 7) is 6.92. The SMILES string of the molecule is CCCCOCCOCCCCC(C)(NC1CC1)C(N)=O. The summed E-state index contributed by atoms with van der Waals surface area (Å²) in [7, 11) is 0. The van der Waals surface area contributed by atoms with E-state index in [4.69, 9.17) is 15.2 Å². The van der Waals surface area contributed by atoms with Crippen LogP contribution in [0.1, 0.15) is 58.8 Å². The number of unbranched alkanes of at least 4 members (excludes halogenated alkanes) is 2. The van der Waals surface area contributed by atoms with Crippen LogP contribution in [0, 0.1) is 0 Å². The molecule has 5 nitrogen and oxygen atoms in total. The van der Waals surface area contributed by atoms with Gasteiger partial charge in [0.15, 0.2) is 0 Å². The highest BCUT2D eigenvalue weighted by Crippen LogP contribution is 2.25. The fourth-order valence-corrected chi connectivity index (χ4v) is 2.20. The first-order valence-corrected chi connectivity index (χ1v) is 8.31. The molecular weight excluding hydrogens is 268 g/mol. The maximum Gasteiger partial charge on any atom is 0.237 e. The van der Waals surface area contributed by atoms with Gasteiger partial charge in [-0.2, -0.15) is 0 Å². The minimum atomic E-state index is -0.565. The first-order valence-electron chi connectivity index (χ1n) is 8.31. The van der Waals surface area contributed by atoms with Crippen molar-refractivity contribution in [2.45, 2.75) is 70.4 Å². The molecule has 124 valence electrons. The van der Waals surface area contributed by atoms with Gasteiger partial charge in [-0.3, -0.25) is 4.79 Å². The molecular formula is C16H32N2O3. The van der Waals surface area contributed by atoms with Crippen LogP contribution in [-0.4, -0.2) is 43.9 Å². The lowest BCUT2D eigenvalue weighted by Gasteiger charge is -2.27. The van der Waals surface area contributed by atoms with Crippen molar-refractivity contribution in [1.29, 1.82) is 0 Å². The molecule has 1 aliphatic rings. The number of carbonyl (C=O) groups is 1. The first-order chi connectivity index (χ1) is 10.1. The first kappa shape index (κ1) is 18.4. The van der Waals surface area contributed by atoms with Crippen molar-refractivity contribution in [1.82, 2.24) is 5.32 Å². The lowest BCUT2D eigenvalue weighted by atomic mass is 9.94. The fraction of sp³-hybridized carbons (Fsp3) is 0.938. The normalized spacial score (nSPS) is 17.6. The lowest BCUT2D eigenvalue weighted by molar-refractivity contribution is -0.124. The van der Waals surface area contributed by atoms with Crippen LogP contribution in [0.4, 0.5) is 0 Å². The molecule has 0 heterocycles. The third kappa shape index (κ3) is 8.39. The van der Waals surface area contributed by atoms with E-state index in [9.17, 15) is 4.79 Å². The van der Waals surface area contributed by atoms with E-state index < -0.39 is 5.54 Å². The Morgan fingerprint density at radius 1 is 1.14 bits per heavy atom. The van der Waals surface area contributed by atoms with E-state index in [1.165, 1.54) is 0 Å². The number of carbonyl (C=O) groups excluding carboxylic acids is 1. The quantitative estimate of drug-likeness (QED) is 0.481. The second-order valence-corrected chi connectivity index (χ2v) is 6.15. The van der Waals surface area contributed by atoms with Gasteiger partial charge in [-0.15, -0.1) is 0 Å². The zero-order chi connectivity index (χ0) is 15.6. The molecule has 1 amide bonds. The van der Waals surface area contributed by atoms with Gasteiger partial charge in [0.05, 0.1) is 18.8 Å². The van der Waals surface area contributed by atoms with Crippen LogP contribution in [0.2, 0.25) is 0 Å². The van der Waals surface area contributed by atoms with E-state index in [1.54, 1.807) is 0 Å². The number of primary amides is 1. The van der Waals surface area contributed by atoms with Gasteiger partial charge in [0.25, 0.3) is 0 Å². The van der Waals surface area contributed by atoms with Gasteiger partial charge < -0.3 is 20.5 Å². The van der Waals surface area contributed by atoms with Crippen molar-refractivity contribution in [2.75, 3.05) is 26.4 Å². The summed E-state index contributed by atoms with van der Waals surface area (Å²) in [5, 5.41) is 3.36. The van der Waals surface area contributed by atoms with Gasteiger partial charge >= 0.3 is 0 Å². The number of ether oxygens (including phenoxy) is 2. The minimum absolute atomic E-state index is 0.250.